The van der Waals surface area contributed by atoms with E-state index in [1.807, 2.05) is 18.2 Å². The van der Waals surface area contributed by atoms with Crippen LogP contribution in [0.1, 0.15) is 27.0 Å². The van der Waals surface area contributed by atoms with Gasteiger partial charge in [-0.25, -0.2) is 0 Å². The molecule has 0 bridgehead atoms. The number of carbonyl (C=O) groups is 1. The van der Waals surface area contributed by atoms with Crippen molar-refractivity contribution < 1.29 is 9.90 Å². The first-order valence-electron chi connectivity index (χ1n) is 13.2. The minimum Gasteiger partial charge on any atom is -0.508 e. The van der Waals surface area contributed by atoms with Crippen molar-refractivity contribution >= 4 is 33.4 Å². The summed E-state index contributed by atoms with van der Waals surface area (Å²) in [6.07, 6.45) is 4.21. The van der Waals surface area contributed by atoms with Crippen LogP contribution in [0, 0.1) is 0 Å². The number of para-hydroxylation sites is 1. The number of rotatable bonds is 7. The summed E-state index contributed by atoms with van der Waals surface area (Å²) in [4.78, 5) is 15.0. The molecule has 0 spiro atoms. The molecule has 192 valence electrons. The minimum absolute atomic E-state index is 0.0346. The zero-order valence-corrected chi connectivity index (χ0v) is 21.4. The highest BCUT2D eigenvalue weighted by molar-refractivity contribution is 6.13. The minimum atomic E-state index is -0.0346. The second-order valence-electron chi connectivity index (χ2n) is 10.1. The van der Waals surface area contributed by atoms with Crippen LogP contribution in [0.2, 0.25) is 0 Å². The third-order valence-electron chi connectivity index (χ3n) is 7.60. The maximum absolute atomic E-state index is 13.2. The molecule has 0 fully saturated rings. The monoisotopic (exact) mass is 512 g/mol. The molecule has 1 aliphatic heterocycles. The summed E-state index contributed by atoms with van der Waals surface area (Å²) < 4.78 is 4.46. The van der Waals surface area contributed by atoms with Gasteiger partial charge in [-0.3, -0.25) is 10.1 Å². The molecule has 7 rings (SSSR count). The molecular weight excluding hydrogens is 484 g/mol. The van der Waals surface area contributed by atoms with Crippen LogP contribution < -0.4 is 10.2 Å². The van der Waals surface area contributed by atoms with Crippen LogP contribution in [-0.2, 0) is 26.3 Å². The number of aromatic nitrogens is 2. The van der Waals surface area contributed by atoms with Crippen molar-refractivity contribution in [3.05, 3.63) is 132 Å². The van der Waals surface area contributed by atoms with Gasteiger partial charge in [0, 0.05) is 41.9 Å². The van der Waals surface area contributed by atoms with E-state index in [9.17, 15) is 9.90 Å². The summed E-state index contributed by atoms with van der Waals surface area (Å²) >= 11 is 0. The van der Waals surface area contributed by atoms with Crippen LogP contribution >= 0.6 is 0 Å². The SMILES string of the molecule is O=C1c2ccc(O)cc2CN1c1cn(CNCc2ccc3ccn(Cc4ccccc4)c3c2)c2ccccc12. The van der Waals surface area contributed by atoms with Crippen LogP contribution in [0.3, 0.4) is 0 Å². The molecule has 3 heterocycles. The van der Waals surface area contributed by atoms with Gasteiger partial charge in [0.2, 0.25) is 0 Å². The number of hydrogen-bond acceptors (Lipinski definition) is 3. The Morgan fingerprint density at radius 3 is 2.54 bits per heavy atom. The van der Waals surface area contributed by atoms with E-state index < -0.39 is 0 Å². The molecule has 0 aliphatic carbocycles. The number of nitrogens with one attached hydrogen (secondary N) is 1. The fourth-order valence-corrected chi connectivity index (χ4v) is 5.65. The molecule has 0 unspecified atom stereocenters. The van der Waals surface area contributed by atoms with Gasteiger partial charge in [-0.15, -0.1) is 0 Å². The summed E-state index contributed by atoms with van der Waals surface area (Å²) in [5, 5.41) is 15.8. The molecule has 0 saturated heterocycles. The summed E-state index contributed by atoms with van der Waals surface area (Å²) in [7, 11) is 0. The lowest BCUT2D eigenvalue weighted by Crippen LogP contribution is -2.23. The molecule has 4 aromatic carbocycles. The van der Waals surface area contributed by atoms with E-state index in [1.165, 1.54) is 22.0 Å². The quantitative estimate of drug-likeness (QED) is 0.266. The fourth-order valence-electron chi connectivity index (χ4n) is 5.65. The second kappa shape index (κ2) is 9.49. The lowest BCUT2D eigenvalue weighted by atomic mass is 10.1. The van der Waals surface area contributed by atoms with Gasteiger partial charge >= 0.3 is 0 Å². The van der Waals surface area contributed by atoms with Gasteiger partial charge in [-0.05, 0) is 58.5 Å². The summed E-state index contributed by atoms with van der Waals surface area (Å²) in [6, 6.07) is 32.5. The van der Waals surface area contributed by atoms with E-state index in [0.29, 0.717) is 18.8 Å². The zero-order chi connectivity index (χ0) is 26.3. The number of anilines is 1. The highest BCUT2D eigenvalue weighted by Crippen LogP contribution is 2.36. The first-order valence-corrected chi connectivity index (χ1v) is 13.2. The topological polar surface area (TPSA) is 62.4 Å². The van der Waals surface area contributed by atoms with Crippen molar-refractivity contribution in [1.29, 1.82) is 0 Å². The molecule has 2 aromatic heterocycles. The van der Waals surface area contributed by atoms with Gasteiger partial charge < -0.3 is 19.1 Å². The number of hydrogen-bond donors (Lipinski definition) is 2. The number of phenolic OH excluding ortho intramolecular Hbond substituents is 1. The van der Waals surface area contributed by atoms with E-state index in [1.54, 1.807) is 23.1 Å². The molecule has 6 aromatic rings. The summed E-state index contributed by atoms with van der Waals surface area (Å²) in [5.41, 5.74) is 7.18. The smallest absolute Gasteiger partial charge is 0.259 e. The number of fused-ring (bicyclic) bond motifs is 3. The Morgan fingerprint density at radius 1 is 0.795 bits per heavy atom. The predicted molar refractivity (Wildman–Crippen MR) is 155 cm³/mol. The highest BCUT2D eigenvalue weighted by atomic mass is 16.3. The third kappa shape index (κ3) is 4.25. The van der Waals surface area contributed by atoms with Crippen LogP contribution in [-0.4, -0.2) is 20.1 Å². The van der Waals surface area contributed by atoms with Crippen LogP contribution in [0.15, 0.2) is 109 Å². The van der Waals surface area contributed by atoms with Crippen molar-refractivity contribution in [3.8, 4) is 5.75 Å². The van der Waals surface area contributed by atoms with Crippen molar-refractivity contribution in [2.75, 3.05) is 4.90 Å². The Balaban J connectivity index is 1.11. The maximum atomic E-state index is 13.2. The molecule has 0 saturated carbocycles. The van der Waals surface area contributed by atoms with Crippen LogP contribution in [0.4, 0.5) is 5.69 Å². The van der Waals surface area contributed by atoms with Gasteiger partial charge in [-0.2, -0.15) is 0 Å². The number of phenols is 1. The Labute approximate surface area is 226 Å². The van der Waals surface area contributed by atoms with Gasteiger partial charge in [0.15, 0.2) is 0 Å². The van der Waals surface area contributed by atoms with Crippen molar-refractivity contribution in [2.24, 2.45) is 0 Å². The highest BCUT2D eigenvalue weighted by Gasteiger charge is 2.30. The molecule has 0 atom stereocenters. The zero-order valence-electron chi connectivity index (χ0n) is 21.4. The van der Waals surface area contributed by atoms with E-state index in [0.717, 1.165) is 35.2 Å². The standard InChI is InChI=1S/C33H28N4O2/c38-27-12-13-28-26(17-27)20-37(33(28)39)32-21-36(30-9-5-4-8-29(30)32)22-34-18-24-10-11-25-14-15-35(31(25)16-24)19-23-6-2-1-3-7-23/h1-17,21,34,38H,18-20,22H2. The molecule has 1 aliphatic rings. The Hall–Kier alpha value is -4.81. The average molecular weight is 513 g/mol. The Kier molecular flexibility index (Phi) is 5.68. The summed E-state index contributed by atoms with van der Waals surface area (Å²) in [6.45, 7) is 2.63. The van der Waals surface area contributed by atoms with Crippen molar-refractivity contribution in [2.45, 2.75) is 26.3 Å². The number of nitrogens with zero attached hydrogens (tertiary/aromatic N) is 3. The van der Waals surface area contributed by atoms with Gasteiger partial charge in [-0.1, -0.05) is 60.7 Å². The third-order valence-corrected chi connectivity index (χ3v) is 7.60. The lowest BCUT2D eigenvalue weighted by molar-refractivity contribution is 0.0997. The van der Waals surface area contributed by atoms with E-state index in [4.69, 9.17) is 0 Å². The molecule has 39 heavy (non-hydrogen) atoms. The molecular formula is C33H28N4O2. The average Bonchev–Trinajstić information content (AvgIpc) is 3.63. The normalized spacial score (nSPS) is 13.0. The maximum Gasteiger partial charge on any atom is 0.259 e. The van der Waals surface area contributed by atoms with Crippen molar-refractivity contribution in [1.82, 2.24) is 14.5 Å². The lowest BCUT2D eigenvalue weighted by Gasteiger charge is -2.14. The van der Waals surface area contributed by atoms with Crippen LogP contribution in [0.5, 0.6) is 5.75 Å². The van der Waals surface area contributed by atoms with Crippen LogP contribution in [0.25, 0.3) is 21.8 Å². The molecule has 0 radical (unpaired) electrons. The number of aromatic hydroxyl groups is 1. The largest absolute Gasteiger partial charge is 0.508 e. The first kappa shape index (κ1) is 23.3. The molecule has 2 N–H and O–H groups in total. The number of amides is 1. The number of benzene rings is 4. The number of carbonyl (C=O) groups excluding carboxylic acids is 1. The predicted octanol–water partition coefficient (Wildman–Crippen LogP) is 6.26. The second-order valence-corrected chi connectivity index (χ2v) is 10.1. The van der Waals surface area contributed by atoms with E-state index >= 15 is 0 Å². The molecule has 6 nitrogen and oxygen atoms in total. The van der Waals surface area contributed by atoms with Gasteiger partial charge in [0.05, 0.1) is 24.4 Å². The Bertz CT molecular complexity index is 1830. The van der Waals surface area contributed by atoms with E-state index in [-0.39, 0.29) is 11.7 Å². The molecule has 1 amide bonds. The van der Waals surface area contributed by atoms with Gasteiger partial charge in [0.25, 0.3) is 5.91 Å². The fraction of sp³-hybridized carbons (Fsp3) is 0.121. The van der Waals surface area contributed by atoms with Crippen molar-refractivity contribution in [3.63, 3.8) is 0 Å². The first-order chi connectivity index (χ1) is 19.1. The molecule has 6 heteroatoms. The van der Waals surface area contributed by atoms with Gasteiger partial charge in [0.1, 0.15) is 5.75 Å². The summed E-state index contributed by atoms with van der Waals surface area (Å²) in [5.74, 6) is 0.147. The Morgan fingerprint density at radius 2 is 1.64 bits per heavy atom. The van der Waals surface area contributed by atoms with E-state index in [2.05, 4.69) is 87.5 Å².